The Kier molecular flexibility index (Phi) is 43.9. The van der Waals surface area contributed by atoms with E-state index in [1.807, 2.05) is 0 Å². The molecule has 12 heterocycles. The molecular weight excluding hydrogens is 2030 g/mol. The maximum absolute atomic E-state index is 13.8. The first-order valence-electron chi connectivity index (χ1n) is 47.2. The van der Waals surface area contributed by atoms with Crippen molar-refractivity contribution in [2.24, 2.45) is 0 Å². The topological polar surface area (TPSA) is 1030 Å². The summed E-state index contributed by atoms with van der Waals surface area (Å²) in [5.74, 6) is -5.21. The van der Waals surface area contributed by atoms with E-state index in [2.05, 4.69) is 26.6 Å². The van der Waals surface area contributed by atoms with E-state index in [1.165, 1.54) is 0 Å². The molecule has 12 fully saturated rings. The van der Waals surface area contributed by atoms with Gasteiger partial charge in [0, 0.05) is 34.6 Å². The first kappa shape index (κ1) is 122. The highest BCUT2D eigenvalue weighted by molar-refractivity contribution is 5.75. The molecule has 0 bridgehead atoms. The molecule has 0 aromatic heterocycles. The lowest BCUT2D eigenvalue weighted by molar-refractivity contribution is -0.414. The van der Waals surface area contributed by atoms with Gasteiger partial charge in [0.25, 0.3) is 0 Å². The molecular formula is C82H137N5O61. The molecule has 38 N–H and O–H groups in total. The molecule has 0 aromatic carbocycles. The summed E-state index contributed by atoms with van der Waals surface area (Å²) in [5, 5.41) is 387. The second kappa shape index (κ2) is 53.4. The summed E-state index contributed by atoms with van der Waals surface area (Å²) in [7, 11) is 0. The summed E-state index contributed by atoms with van der Waals surface area (Å²) in [5.41, 5.74) is 0. The standard InChI is InChI=1S/C82H137N5O61/c1-18(98)83-35-47(110)62(28(11-93)128-71(35)125)140-73-37(85-20(3)100)49(112)65(31(14-96)134-73)144-81-61(124)69(67(145-72-36(84-19(2)99)46(109)40(103)23(6-88)129-72)34(139-81)17-127-77-60(123)68(146-80-58(121)54(117)44(107)27(10-92)133-80)45(108)33(138-77)16-126-76-55(118)51(114)41(104)24(7-89)130-76)147-82-70(148-75-39(87-22(5)102)50(113)64(30(13-95)136-75)143-79-57(120)53(116)43(106)26(9-91)132-79)59(122)66(32(15-97)137-82)141-74-38(86-21(4)101)48(111)63(29(12-94)135-74)142-78-56(119)52(115)42(105)25(8-90)131-78/h23-82,88-97,103-125H,6-17H2,1-5H3,(H,83,98)(H,84,99)(H,85,100)(H,86,101)(H,87,102)/t23-,24-,25-,26-,27-,28-,29-,30-,31-,32-,33-,34-,35-,36-,37-,38-,39-,40-,41-,42+,43+,44-,45-,46-,47-,48-,49-,50-,51+,52+,53+,54+,55+,56-,57-,58+,59+,60+,61-,62-,63-,64-,65-,66-,67-,68+,69-,70+,71-,72+,73+,74+,75+,76+,77+,78+,79+,80-,81+,82-/m1/s1. The van der Waals surface area contributed by atoms with Gasteiger partial charge in [-0.1, -0.05) is 0 Å². The van der Waals surface area contributed by atoms with E-state index in [0.29, 0.717) is 0 Å². The van der Waals surface area contributed by atoms with Gasteiger partial charge in [0.05, 0.1) is 79.3 Å². The highest BCUT2D eigenvalue weighted by Crippen LogP contribution is 2.44. The Morgan fingerprint density at radius 1 is 0.176 bits per heavy atom. The van der Waals surface area contributed by atoms with Crippen molar-refractivity contribution >= 4 is 29.5 Å². The fraction of sp³-hybridized carbons (Fsp3) is 0.939. The molecule has 0 aliphatic carbocycles. The third-order valence-corrected chi connectivity index (χ3v) is 27.1. The van der Waals surface area contributed by atoms with Crippen molar-refractivity contribution in [1.82, 2.24) is 26.6 Å². The first-order valence-corrected chi connectivity index (χ1v) is 47.2. The fourth-order valence-corrected chi connectivity index (χ4v) is 19.2. The highest BCUT2D eigenvalue weighted by Gasteiger charge is 2.65. The number of aliphatic hydroxyl groups is 33. The van der Waals surface area contributed by atoms with Gasteiger partial charge >= 0.3 is 0 Å². The molecule has 856 valence electrons. The normalized spacial score (nSPS) is 49.3. The number of hydrogen-bond acceptors (Lipinski definition) is 61. The Bertz CT molecular complexity index is 4130. The van der Waals surface area contributed by atoms with E-state index >= 15 is 0 Å². The van der Waals surface area contributed by atoms with Crippen LogP contribution in [0, 0.1) is 0 Å². The third-order valence-electron chi connectivity index (χ3n) is 27.1. The minimum atomic E-state index is -2.96. The largest absolute Gasteiger partial charge is 0.394 e. The van der Waals surface area contributed by atoms with Gasteiger partial charge in [-0.25, -0.2) is 0 Å². The molecule has 12 aliphatic rings. The van der Waals surface area contributed by atoms with Crippen molar-refractivity contribution in [3.8, 4) is 0 Å². The molecule has 12 saturated heterocycles. The Morgan fingerprint density at radius 2 is 0.392 bits per heavy atom. The minimum Gasteiger partial charge on any atom is -0.394 e. The average Bonchev–Trinajstić information content (AvgIpc) is 0.749. The van der Waals surface area contributed by atoms with Crippen molar-refractivity contribution in [3.63, 3.8) is 0 Å². The molecule has 66 heteroatoms. The molecule has 5 amide bonds. The number of carbonyl (C=O) groups excluding carboxylic acids is 5. The SMILES string of the molecule is CC(=O)N[C@@H]1[C@@H](O)[C@H](O[C@@H]2O[C@H](CO)[C@@H](O[C@@H]3O[C@H](CO[C@H]4O[C@H](CO[C@H]5O[C@H](CO)[C@@H](O)[C@H](O)[C@@H]5O)[C@@H](O)[C@H](O[C@H]5O[C@H](CO)[C@@H](O)[C@H](O)[C@@H]5O)[C@@H]4O)[C@@H](O[C@@H]4O[C@H](CO)[C@@H](O)[C@H](O)[C@H]4NC(C)=O)[C@H](O[C@H]4O[C@H](CO)[C@@H](O[C@@H]5O[C@H](CO)[C@@H](O[C@@H]6O[C@H](CO)[C@H](O)[C@H](O)[C@H]6O)[C@H](O)[C@H]5NC(C)=O)[C@H](O)[C@@H]4O[C@@H]4O[C@H](CO)[C@@H](O[C@@H]5O[C@H](CO)[C@H](O)[C@H](O)[C@H]5O)[C@H](O)[C@H]4NC(C)=O)[C@H]3O)[C@H](O)[C@H]2NC(C)=O)[C@@H](CO)O[C@H]1O. The van der Waals surface area contributed by atoms with Crippen LogP contribution in [0.1, 0.15) is 34.6 Å². The predicted molar refractivity (Wildman–Crippen MR) is 453 cm³/mol. The van der Waals surface area contributed by atoms with E-state index in [9.17, 15) is 192 Å². The van der Waals surface area contributed by atoms with Crippen LogP contribution in [0.5, 0.6) is 0 Å². The number of aliphatic hydroxyl groups excluding tert-OH is 33. The zero-order valence-corrected chi connectivity index (χ0v) is 79.3. The third kappa shape index (κ3) is 26.9. The Hall–Kier alpha value is -4.89. The molecule has 148 heavy (non-hydrogen) atoms. The molecule has 66 nitrogen and oxygen atoms in total. The van der Waals surface area contributed by atoms with Crippen molar-refractivity contribution in [2.45, 2.75) is 403 Å². The molecule has 0 saturated carbocycles. The van der Waals surface area contributed by atoms with Crippen LogP contribution in [0.25, 0.3) is 0 Å². The maximum atomic E-state index is 13.8. The fourth-order valence-electron chi connectivity index (χ4n) is 19.2. The van der Waals surface area contributed by atoms with Crippen LogP contribution in [0.2, 0.25) is 0 Å². The van der Waals surface area contributed by atoms with Gasteiger partial charge in [-0.15, -0.1) is 0 Å². The van der Waals surface area contributed by atoms with Gasteiger partial charge in [0.15, 0.2) is 75.5 Å². The molecule has 0 aromatic rings. The Balaban J connectivity index is 1.01. The van der Waals surface area contributed by atoms with Gasteiger partial charge in [0.1, 0.15) is 293 Å². The smallest absolute Gasteiger partial charge is 0.217 e. The van der Waals surface area contributed by atoms with Crippen LogP contribution in [0.15, 0.2) is 0 Å². The van der Waals surface area contributed by atoms with Crippen LogP contribution in [-0.2, 0) is 133 Å². The summed E-state index contributed by atoms with van der Waals surface area (Å²) >= 11 is 0. The summed E-state index contributed by atoms with van der Waals surface area (Å²) < 4.78 is 140. The lowest BCUT2D eigenvalue weighted by Crippen LogP contribution is -2.72. The molecule has 0 radical (unpaired) electrons. The van der Waals surface area contributed by atoms with Crippen LogP contribution in [-0.4, -0.2) is 645 Å². The maximum Gasteiger partial charge on any atom is 0.217 e. The van der Waals surface area contributed by atoms with E-state index in [0.717, 1.165) is 34.6 Å². The first-order chi connectivity index (χ1) is 70.1. The summed E-state index contributed by atoms with van der Waals surface area (Å²) in [6.07, 6.45) is -125. The Labute approximate surface area is 837 Å². The van der Waals surface area contributed by atoms with E-state index < -0.39 is 477 Å². The van der Waals surface area contributed by atoms with E-state index in [1.54, 1.807) is 0 Å². The molecule has 60 atom stereocenters. The van der Waals surface area contributed by atoms with Crippen LogP contribution < -0.4 is 26.6 Å². The monoisotopic (exact) mass is 2170 g/mol. The Morgan fingerprint density at radius 3 is 0.743 bits per heavy atom. The molecule has 0 unspecified atom stereocenters. The van der Waals surface area contributed by atoms with Crippen molar-refractivity contribution < 1.29 is 301 Å². The molecule has 12 rings (SSSR count). The van der Waals surface area contributed by atoms with Crippen LogP contribution >= 0.6 is 0 Å². The number of nitrogens with one attached hydrogen (secondary N) is 5. The number of amides is 5. The van der Waals surface area contributed by atoms with Gasteiger partial charge in [0.2, 0.25) is 29.5 Å². The van der Waals surface area contributed by atoms with Crippen molar-refractivity contribution in [2.75, 3.05) is 79.3 Å². The zero-order chi connectivity index (χ0) is 109. The number of rotatable bonds is 39. The predicted octanol–water partition coefficient (Wildman–Crippen LogP) is -26.4. The number of carbonyl (C=O) groups is 5. The van der Waals surface area contributed by atoms with Gasteiger partial charge < -0.3 is 304 Å². The van der Waals surface area contributed by atoms with Crippen LogP contribution in [0.3, 0.4) is 0 Å². The lowest BCUT2D eigenvalue weighted by atomic mass is 9.93. The number of ether oxygens (including phenoxy) is 23. The second-order valence-corrected chi connectivity index (χ2v) is 37.4. The zero-order valence-electron chi connectivity index (χ0n) is 79.3. The second-order valence-electron chi connectivity index (χ2n) is 37.4. The van der Waals surface area contributed by atoms with Gasteiger partial charge in [-0.3, -0.25) is 24.0 Å². The lowest BCUT2D eigenvalue weighted by Gasteiger charge is -2.53. The van der Waals surface area contributed by atoms with Crippen LogP contribution in [0.4, 0.5) is 0 Å². The summed E-state index contributed by atoms with van der Waals surface area (Å²) in [6.45, 7) is -10.4. The quantitative estimate of drug-likeness (QED) is 0.0272. The number of hydrogen-bond donors (Lipinski definition) is 38. The van der Waals surface area contributed by atoms with Gasteiger partial charge in [-0.2, -0.15) is 0 Å². The van der Waals surface area contributed by atoms with Crippen molar-refractivity contribution in [1.29, 1.82) is 0 Å². The highest BCUT2D eigenvalue weighted by atomic mass is 16.8. The summed E-state index contributed by atoms with van der Waals surface area (Å²) in [6, 6.07) is -10.4. The summed E-state index contributed by atoms with van der Waals surface area (Å²) in [4.78, 5) is 66.4. The van der Waals surface area contributed by atoms with E-state index in [4.69, 9.17) is 109 Å². The van der Waals surface area contributed by atoms with Crippen molar-refractivity contribution in [3.05, 3.63) is 0 Å². The molecule has 12 aliphatic heterocycles. The van der Waals surface area contributed by atoms with Gasteiger partial charge in [-0.05, 0) is 0 Å². The minimum absolute atomic E-state index is 0.831. The molecule has 0 spiro atoms. The average molecular weight is 2170 g/mol. The van der Waals surface area contributed by atoms with E-state index in [-0.39, 0.29) is 0 Å².